The number of nitrogens with zero attached hydrogens (tertiary/aromatic N) is 2. The van der Waals surface area contributed by atoms with Crippen molar-refractivity contribution in [2.75, 3.05) is 26.7 Å². The lowest BCUT2D eigenvalue weighted by molar-refractivity contribution is -0.138. The number of aliphatic carboxylic acids is 1. The molecule has 0 aromatic rings. The smallest absolute Gasteiger partial charge is 0.304 e. The van der Waals surface area contributed by atoms with Crippen molar-refractivity contribution in [2.45, 2.75) is 63.5 Å². The van der Waals surface area contributed by atoms with Crippen molar-refractivity contribution in [2.24, 2.45) is 0 Å². The van der Waals surface area contributed by atoms with Crippen molar-refractivity contribution in [1.29, 1.82) is 0 Å². The molecule has 0 aromatic heterocycles. The molecule has 1 unspecified atom stereocenters. The molecule has 0 spiro atoms. The minimum atomic E-state index is -0.667. The summed E-state index contributed by atoms with van der Waals surface area (Å²) in [5.41, 5.74) is 0. The van der Waals surface area contributed by atoms with Crippen LogP contribution in [0.1, 0.15) is 51.4 Å². The molecule has 1 N–H and O–H groups in total. The lowest BCUT2D eigenvalue weighted by Crippen LogP contribution is -2.44. The average Bonchev–Trinajstić information content (AvgIpc) is 2.71. The Morgan fingerprint density at radius 3 is 2.42 bits per heavy atom. The zero-order chi connectivity index (χ0) is 13.7. The van der Waals surface area contributed by atoms with Gasteiger partial charge in [-0.15, -0.1) is 0 Å². The number of carboxylic acids is 1. The molecule has 2 rings (SSSR count). The highest BCUT2D eigenvalue weighted by molar-refractivity contribution is 5.67. The van der Waals surface area contributed by atoms with Crippen molar-refractivity contribution in [3.05, 3.63) is 0 Å². The van der Waals surface area contributed by atoms with Crippen molar-refractivity contribution < 1.29 is 9.90 Å². The second-order valence-corrected chi connectivity index (χ2v) is 6.23. The van der Waals surface area contributed by atoms with E-state index in [1.807, 2.05) is 0 Å². The summed E-state index contributed by atoms with van der Waals surface area (Å²) in [6.07, 6.45) is 9.52. The predicted molar refractivity (Wildman–Crippen MR) is 76.4 cm³/mol. The van der Waals surface area contributed by atoms with Crippen LogP contribution in [-0.4, -0.2) is 59.6 Å². The van der Waals surface area contributed by atoms with Crippen molar-refractivity contribution >= 4 is 5.97 Å². The summed E-state index contributed by atoms with van der Waals surface area (Å²) in [7, 11) is 2.07. The summed E-state index contributed by atoms with van der Waals surface area (Å²) in [5.74, 6) is -0.667. The van der Waals surface area contributed by atoms with E-state index in [1.165, 1.54) is 44.9 Å². The van der Waals surface area contributed by atoms with Gasteiger partial charge in [0.15, 0.2) is 0 Å². The maximum Gasteiger partial charge on any atom is 0.304 e. The summed E-state index contributed by atoms with van der Waals surface area (Å²) < 4.78 is 0. The highest BCUT2D eigenvalue weighted by Gasteiger charge is 2.28. The maximum absolute atomic E-state index is 11.0. The predicted octanol–water partition coefficient (Wildman–Crippen LogP) is 2.19. The Balaban J connectivity index is 1.97. The Kier molecular flexibility index (Phi) is 5.64. The molecule has 0 radical (unpaired) electrons. The lowest BCUT2D eigenvalue weighted by atomic mass is 10.1. The van der Waals surface area contributed by atoms with E-state index in [2.05, 4.69) is 16.8 Å². The zero-order valence-electron chi connectivity index (χ0n) is 12.2. The molecule has 1 aliphatic carbocycles. The molecule has 110 valence electrons. The van der Waals surface area contributed by atoms with Gasteiger partial charge < -0.3 is 10.0 Å². The van der Waals surface area contributed by atoms with E-state index in [0.717, 1.165) is 19.6 Å². The fourth-order valence-electron chi connectivity index (χ4n) is 3.58. The largest absolute Gasteiger partial charge is 0.481 e. The number of rotatable bonds is 3. The van der Waals surface area contributed by atoms with E-state index in [0.29, 0.717) is 6.04 Å². The Morgan fingerprint density at radius 2 is 1.79 bits per heavy atom. The molecule has 1 aliphatic heterocycles. The van der Waals surface area contributed by atoms with Gasteiger partial charge in [0.05, 0.1) is 6.42 Å². The third-order valence-electron chi connectivity index (χ3n) is 4.78. The molecule has 1 saturated heterocycles. The van der Waals surface area contributed by atoms with Gasteiger partial charge in [0.2, 0.25) is 0 Å². The highest BCUT2D eigenvalue weighted by Crippen LogP contribution is 2.24. The molecule has 2 fully saturated rings. The fourth-order valence-corrected chi connectivity index (χ4v) is 3.58. The van der Waals surface area contributed by atoms with Crippen LogP contribution in [0.4, 0.5) is 0 Å². The number of likely N-dealkylation sites (N-methyl/N-ethyl adjacent to an activating group) is 1. The standard InChI is InChI=1S/C15H28N2O2/c1-16-9-6-10-17(12-14(16)11-15(18)19)13-7-4-2-3-5-8-13/h13-14H,2-12H2,1H3,(H,18,19). The van der Waals surface area contributed by atoms with Gasteiger partial charge in [-0.25, -0.2) is 0 Å². The first-order valence-corrected chi connectivity index (χ1v) is 7.83. The van der Waals surface area contributed by atoms with Gasteiger partial charge in [-0.2, -0.15) is 0 Å². The van der Waals surface area contributed by atoms with E-state index in [-0.39, 0.29) is 12.5 Å². The molecule has 1 heterocycles. The van der Waals surface area contributed by atoms with Gasteiger partial charge in [0, 0.05) is 18.6 Å². The zero-order valence-corrected chi connectivity index (χ0v) is 12.2. The summed E-state index contributed by atoms with van der Waals surface area (Å²) in [6.45, 7) is 3.11. The van der Waals surface area contributed by atoms with Gasteiger partial charge in [-0.1, -0.05) is 25.7 Å². The summed E-state index contributed by atoms with van der Waals surface area (Å²) in [5, 5.41) is 9.07. The van der Waals surface area contributed by atoms with Crippen LogP contribution in [0.15, 0.2) is 0 Å². The molecule has 1 saturated carbocycles. The molecule has 1 atom stereocenters. The average molecular weight is 268 g/mol. The molecule has 0 aromatic carbocycles. The first-order valence-electron chi connectivity index (χ1n) is 7.83. The normalized spacial score (nSPS) is 28.8. The first kappa shape index (κ1) is 14.8. The van der Waals surface area contributed by atoms with Crippen LogP contribution in [0.5, 0.6) is 0 Å². The summed E-state index contributed by atoms with van der Waals surface area (Å²) in [6, 6.07) is 0.883. The van der Waals surface area contributed by atoms with Crippen LogP contribution in [-0.2, 0) is 4.79 Å². The minimum absolute atomic E-state index is 0.184. The minimum Gasteiger partial charge on any atom is -0.481 e. The summed E-state index contributed by atoms with van der Waals surface area (Å²) >= 11 is 0. The van der Waals surface area contributed by atoms with Crippen molar-refractivity contribution in [3.8, 4) is 0 Å². The Bertz CT molecular complexity index is 288. The third-order valence-corrected chi connectivity index (χ3v) is 4.78. The molecule has 19 heavy (non-hydrogen) atoms. The Hall–Kier alpha value is -0.610. The summed E-state index contributed by atoms with van der Waals surface area (Å²) in [4.78, 5) is 15.8. The van der Waals surface area contributed by atoms with E-state index in [9.17, 15) is 4.79 Å². The molecule has 4 heteroatoms. The topological polar surface area (TPSA) is 43.8 Å². The fraction of sp³-hybridized carbons (Fsp3) is 0.933. The number of carboxylic acid groups (broad SMARTS) is 1. The molecule has 0 bridgehead atoms. The van der Waals surface area contributed by atoms with Gasteiger partial charge in [0.25, 0.3) is 0 Å². The van der Waals surface area contributed by atoms with Crippen LogP contribution in [0.25, 0.3) is 0 Å². The van der Waals surface area contributed by atoms with Crippen LogP contribution in [0, 0.1) is 0 Å². The number of carbonyl (C=O) groups is 1. The lowest BCUT2D eigenvalue weighted by Gasteiger charge is -2.33. The second kappa shape index (κ2) is 7.25. The van der Waals surface area contributed by atoms with Gasteiger partial charge >= 0.3 is 5.97 Å². The van der Waals surface area contributed by atoms with Crippen LogP contribution in [0.2, 0.25) is 0 Å². The molecule has 2 aliphatic rings. The SMILES string of the molecule is CN1CCCN(C2CCCCCC2)CC1CC(=O)O. The highest BCUT2D eigenvalue weighted by atomic mass is 16.4. The van der Waals surface area contributed by atoms with Crippen molar-refractivity contribution in [3.63, 3.8) is 0 Å². The van der Waals surface area contributed by atoms with E-state index >= 15 is 0 Å². The Labute approximate surface area is 116 Å². The first-order chi connectivity index (χ1) is 9.16. The van der Waals surface area contributed by atoms with Crippen LogP contribution >= 0.6 is 0 Å². The monoisotopic (exact) mass is 268 g/mol. The van der Waals surface area contributed by atoms with Crippen molar-refractivity contribution in [1.82, 2.24) is 9.80 Å². The van der Waals surface area contributed by atoms with E-state index in [1.54, 1.807) is 0 Å². The quantitative estimate of drug-likeness (QED) is 0.797. The Morgan fingerprint density at radius 1 is 1.11 bits per heavy atom. The third kappa shape index (κ3) is 4.46. The van der Waals surface area contributed by atoms with Gasteiger partial charge in [-0.05, 0) is 39.4 Å². The number of hydrogen-bond acceptors (Lipinski definition) is 3. The molecular weight excluding hydrogens is 240 g/mol. The van der Waals surface area contributed by atoms with Gasteiger partial charge in [-0.3, -0.25) is 9.69 Å². The molecular formula is C15H28N2O2. The van der Waals surface area contributed by atoms with Crippen LogP contribution < -0.4 is 0 Å². The van der Waals surface area contributed by atoms with E-state index in [4.69, 9.17) is 5.11 Å². The van der Waals surface area contributed by atoms with Crippen LogP contribution in [0.3, 0.4) is 0 Å². The second-order valence-electron chi connectivity index (χ2n) is 6.23. The maximum atomic E-state index is 11.0. The number of hydrogen-bond donors (Lipinski definition) is 1. The van der Waals surface area contributed by atoms with Gasteiger partial charge in [0.1, 0.15) is 0 Å². The molecule has 0 amide bonds. The molecule has 4 nitrogen and oxygen atoms in total. The van der Waals surface area contributed by atoms with E-state index < -0.39 is 5.97 Å².